The van der Waals surface area contributed by atoms with E-state index >= 15 is 0 Å². The second-order valence-electron chi connectivity index (χ2n) is 4.14. The maximum absolute atomic E-state index is 9.08. The third-order valence-corrected chi connectivity index (χ3v) is 3.42. The predicted octanol–water partition coefficient (Wildman–Crippen LogP) is 3.43. The highest BCUT2D eigenvalue weighted by Gasteiger charge is 2.01. The summed E-state index contributed by atoms with van der Waals surface area (Å²) in [4.78, 5) is 0. The predicted molar refractivity (Wildman–Crippen MR) is 78.5 cm³/mol. The second-order valence-corrected chi connectivity index (χ2v) is 4.99. The number of anilines is 1. The maximum atomic E-state index is 9.08. The maximum Gasteiger partial charge on any atom is 0.100 e. The molecule has 0 unspecified atom stereocenters. The summed E-state index contributed by atoms with van der Waals surface area (Å²) in [5, 5.41) is 21.2. The number of benzene rings is 2. The van der Waals surface area contributed by atoms with Crippen LogP contribution in [0.5, 0.6) is 0 Å². The van der Waals surface area contributed by atoms with E-state index in [1.54, 1.807) is 6.07 Å². The first-order valence-corrected chi connectivity index (χ1v) is 6.64. The first-order chi connectivity index (χ1) is 9.22. The van der Waals surface area contributed by atoms with Crippen LogP contribution < -0.4 is 5.32 Å². The molecule has 3 nitrogen and oxygen atoms in total. The Morgan fingerprint density at radius 3 is 2.63 bits per heavy atom. The number of aliphatic hydroxyl groups is 1. The number of rotatable bonds is 4. The molecular formula is C15H13BrN2O. The fraction of sp³-hybridized carbons (Fsp3) is 0.133. The van der Waals surface area contributed by atoms with Crippen LogP contribution in [0.1, 0.15) is 16.7 Å². The van der Waals surface area contributed by atoms with Crippen molar-refractivity contribution in [2.75, 3.05) is 5.32 Å². The minimum Gasteiger partial charge on any atom is -0.392 e. The molecule has 0 atom stereocenters. The van der Waals surface area contributed by atoms with E-state index in [1.165, 1.54) is 0 Å². The molecule has 0 aliphatic heterocycles. The molecule has 0 radical (unpaired) electrons. The van der Waals surface area contributed by atoms with Crippen LogP contribution in [0.25, 0.3) is 0 Å². The third-order valence-electron chi connectivity index (χ3n) is 2.76. The summed E-state index contributed by atoms with van der Waals surface area (Å²) < 4.78 is 0.782. The van der Waals surface area contributed by atoms with Crippen LogP contribution in [-0.4, -0.2) is 5.11 Å². The summed E-state index contributed by atoms with van der Waals surface area (Å²) in [6.07, 6.45) is 0. The lowest BCUT2D eigenvalue weighted by atomic mass is 10.1. The van der Waals surface area contributed by atoms with Crippen LogP contribution in [0.2, 0.25) is 0 Å². The molecule has 0 amide bonds. The second kappa shape index (κ2) is 6.37. The van der Waals surface area contributed by atoms with Crippen molar-refractivity contribution < 1.29 is 5.11 Å². The molecule has 0 saturated heterocycles. The van der Waals surface area contributed by atoms with Gasteiger partial charge in [-0.15, -0.1) is 0 Å². The van der Waals surface area contributed by atoms with Crippen molar-refractivity contribution in [1.82, 2.24) is 0 Å². The molecule has 0 aliphatic rings. The van der Waals surface area contributed by atoms with Crippen molar-refractivity contribution in [3.8, 4) is 6.07 Å². The van der Waals surface area contributed by atoms with E-state index in [2.05, 4.69) is 27.3 Å². The van der Waals surface area contributed by atoms with Gasteiger partial charge in [-0.1, -0.05) is 24.3 Å². The van der Waals surface area contributed by atoms with Crippen LogP contribution in [0, 0.1) is 11.3 Å². The largest absolute Gasteiger partial charge is 0.392 e. The van der Waals surface area contributed by atoms with E-state index in [4.69, 9.17) is 10.4 Å². The zero-order valence-corrected chi connectivity index (χ0v) is 11.8. The SMILES string of the molecule is N#Cc1ccc(NCc2cccc(CO)c2)cc1Br. The average Bonchev–Trinajstić information content (AvgIpc) is 2.45. The van der Waals surface area contributed by atoms with Crippen LogP contribution in [0.4, 0.5) is 5.69 Å². The molecule has 2 aromatic rings. The van der Waals surface area contributed by atoms with Crippen molar-refractivity contribution in [1.29, 1.82) is 5.26 Å². The van der Waals surface area contributed by atoms with Gasteiger partial charge in [0.15, 0.2) is 0 Å². The minimum atomic E-state index is 0.0518. The van der Waals surface area contributed by atoms with Gasteiger partial charge in [0.05, 0.1) is 12.2 Å². The van der Waals surface area contributed by atoms with Gasteiger partial charge in [-0.2, -0.15) is 5.26 Å². The first-order valence-electron chi connectivity index (χ1n) is 5.85. The molecule has 96 valence electrons. The zero-order valence-electron chi connectivity index (χ0n) is 10.2. The minimum absolute atomic E-state index is 0.0518. The Morgan fingerprint density at radius 1 is 1.16 bits per heavy atom. The van der Waals surface area contributed by atoms with Crippen LogP contribution in [0.15, 0.2) is 46.9 Å². The molecule has 2 aromatic carbocycles. The fourth-order valence-electron chi connectivity index (χ4n) is 1.76. The highest BCUT2D eigenvalue weighted by atomic mass is 79.9. The molecule has 4 heteroatoms. The molecule has 0 saturated carbocycles. The Labute approximate surface area is 120 Å². The highest BCUT2D eigenvalue weighted by Crippen LogP contribution is 2.21. The van der Waals surface area contributed by atoms with E-state index in [-0.39, 0.29) is 6.61 Å². The van der Waals surface area contributed by atoms with Gasteiger partial charge >= 0.3 is 0 Å². The van der Waals surface area contributed by atoms with Gasteiger partial charge in [0, 0.05) is 16.7 Å². The molecule has 2 N–H and O–H groups in total. The van der Waals surface area contributed by atoms with E-state index in [1.807, 2.05) is 36.4 Å². The first kappa shape index (κ1) is 13.6. The van der Waals surface area contributed by atoms with Crippen LogP contribution in [-0.2, 0) is 13.2 Å². The van der Waals surface area contributed by atoms with Crippen LogP contribution in [0.3, 0.4) is 0 Å². The zero-order chi connectivity index (χ0) is 13.7. The number of aliphatic hydroxyl groups excluding tert-OH is 1. The third kappa shape index (κ3) is 3.57. The molecule has 0 aliphatic carbocycles. The van der Waals surface area contributed by atoms with Gasteiger partial charge in [0.2, 0.25) is 0 Å². The Balaban J connectivity index is 2.06. The molecule has 0 aromatic heterocycles. The van der Waals surface area contributed by atoms with Gasteiger partial charge in [-0.05, 0) is 45.3 Å². The number of nitriles is 1. The molecule has 0 bridgehead atoms. The van der Waals surface area contributed by atoms with E-state index in [9.17, 15) is 0 Å². The molecule has 0 heterocycles. The van der Waals surface area contributed by atoms with Gasteiger partial charge < -0.3 is 10.4 Å². The molecule has 0 spiro atoms. The van der Waals surface area contributed by atoms with Crippen molar-refractivity contribution in [3.05, 3.63) is 63.6 Å². The summed E-state index contributed by atoms with van der Waals surface area (Å²) in [7, 11) is 0. The topological polar surface area (TPSA) is 56.0 Å². The van der Waals surface area contributed by atoms with Crippen molar-refractivity contribution in [2.24, 2.45) is 0 Å². The van der Waals surface area contributed by atoms with Crippen molar-refractivity contribution >= 4 is 21.6 Å². The lowest BCUT2D eigenvalue weighted by Gasteiger charge is -2.08. The summed E-state index contributed by atoms with van der Waals surface area (Å²) in [6.45, 7) is 0.725. The number of halogens is 1. The quantitative estimate of drug-likeness (QED) is 0.908. The van der Waals surface area contributed by atoms with Gasteiger partial charge in [-0.25, -0.2) is 0 Å². The number of nitrogens with one attached hydrogen (secondary N) is 1. The molecule has 2 rings (SSSR count). The summed E-state index contributed by atoms with van der Waals surface area (Å²) in [5.41, 5.74) is 3.57. The van der Waals surface area contributed by atoms with Gasteiger partial charge in [-0.3, -0.25) is 0 Å². The van der Waals surface area contributed by atoms with E-state index in [0.717, 1.165) is 21.3 Å². The fourth-order valence-corrected chi connectivity index (χ4v) is 2.23. The van der Waals surface area contributed by atoms with Crippen molar-refractivity contribution in [3.63, 3.8) is 0 Å². The number of hydrogen-bond donors (Lipinski definition) is 2. The van der Waals surface area contributed by atoms with Gasteiger partial charge in [0.1, 0.15) is 6.07 Å². The Bertz CT molecular complexity index is 620. The number of hydrogen-bond acceptors (Lipinski definition) is 3. The molecule has 19 heavy (non-hydrogen) atoms. The Morgan fingerprint density at radius 2 is 1.95 bits per heavy atom. The van der Waals surface area contributed by atoms with Gasteiger partial charge in [0.25, 0.3) is 0 Å². The average molecular weight is 317 g/mol. The summed E-state index contributed by atoms with van der Waals surface area (Å²) >= 11 is 3.36. The Hall–Kier alpha value is -1.83. The standard InChI is InChI=1S/C15H13BrN2O/c16-15-7-14(5-4-13(15)8-17)18-9-11-2-1-3-12(6-11)10-19/h1-7,18-19H,9-10H2. The Kier molecular flexibility index (Phi) is 4.56. The molecular weight excluding hydrogens is 304 g/mol. The smallest absolute Gasteiger partial charge is 0.100 e. The summed E-state index contributed by atoms with van der Waals surface area (Å²) in [5.74, 6) is 0. The lowest BCUT2D eigenvalue weighted by molar-refractivity contribution is 0.281. The van der Waals surface area contributed by atoms with Crippen LogP contribution >= 0.6 is 15.9 Å². The van der Waals surface area contributed by atoms with E-state index < -0.39 is 0 Å². The normalized spacial score (nSPS) is 9.95. The van der Waals surface area contributed by atoms with Crippen molar-refractivity contribution in [2.45, 2.75) is 13.2 Å². The lowest BCUT2D eigenvalue weighted by Crippen LogP contribution is -2.00. The number of nitrogens with zero attached hydrogens (tertiary/aromatic N) is 1. The van der Waals surface area contributed by atoms with E-state index in [0.29, 0.717) is 12.1 Å². The summed E-state index contributed by atoms with van der Waals surface area (Å²) in [6, 6.07) is 15.4. The highest BCUT2D eigenvalue weighted by molar-refractivity contribution is 9.10. The molecule has 0 fully saturated rings. The monoisotopic (exact) mass is 316 g/mol.